The van der Waals surface area contributed by atoms with Crippen LogP contribution in [0.4, 0.5) is 0 Å². The summed E-state index contributed by atoms with van der Waals surface area (Å²) in [4.78, 5) is 13.3. The molecule has 1 aromatic carbocycles. The molecule has 0 aliphatic heterocycles. The van der Waals surface area contributed by atoms with Gasteiger partial charge < -0.3 is 14.0 Å². The Balaban J connectivity index is 1.49. The van der Waals surface area contributed by atoms with Gasteiger partial charge in [0.25, 0.3) is 0 Å². The van der Waals surface area contributed by atoms with Crippen LogP contribution in [0.1, 0.15) is 50.9 Å². The Morgan fingerprint density at radius 2 is 1.86 bits per heavy atom. The number of rotatable bonds is 6. The Bertz CT molecular complexity index is 948. The fourth-order valence-electron chi connectivity index (χ4n) is 4.20. The van der Waals surface area contributed by atoms with E-state index in [1.54, 1.807) is 6.33 Å². The summed E-state index contributed by atoms with van der Waals surface area (Å²) in [7, 11) is 0. The van der Waals surface area contributed by atoms with Crippen molar-refractivity contribution in [3.63, 3.8) is 0 Å². The van der Waals surface area contributed by atoms with Crippen LogP contribution in [0.3, 0.4) is 0 Å². The molecule has 3 aromatic rings. The highest BCUT2D eigenvalue weighted by molar-refractivity contribution is 5.72. The highest BCUT2D eigenvalue weighted by Crippen LogP contribution is 2.40. The van der Waals surface area contributed by atoms with E-state index < -0.39 is 0 Å². The minimum atomic E-state index is -0.187. The molecule has 6 nitrogen and oxygen atoms in total. The molecule has 29 heavy (non-hydrogen) atoms. The average Bonchev–Trinajstić information content (AvgIpc) is 3.26. The molecular weight excluding hydrogens is 364 g/mol. The summed E-state index contributed by atoms with van der Waals surface area (Å²) >= 11 is 0. The molecule has 0 saturated heterocycles. The fourth-order valence-corrected chi connectivity index (χ4v) is 4.20. The van der Waals surface area contributed by atoms with Crippen LogP contribution in [-0.2, 0) is 16.1 Å². The van der Waals surface area contributed by atoms with Crippen molar-refractivity contribution in [2.45, 2.75) is 64.9 Å². The smallest absolute Gasteiger partial charge is 0.163 e. The maximum atomic E-state index is 6.43. The second kappa shape index (κ2) is 8.20. The van der Waals surface area contributed by atoms with Gasteiger partial charge in [-0.05, 0) is 46.1 Å². The third-order valence-electron chi connectivity index (χ3n) is 5.49. The van der Waals surface area contributed by atoms with Crippen molar-refractivity contribution in [2.24, 2.45) is 5.92 Å². The summed E-state index contributed by atoms with van der Waals surface area (Å²) in [6.45, 7) is 9.64. The van der Waals surface area contributed by atoms with Crippen molar-refractivity contribution in [3.8, 4) is 0 Å². The minimum absolute atomic E-state index is 0.149. The summed E-state index contributed by atoms with van der Waals surface area (Å²) in [6.07, 6.45) is 5.60. The fraction of sp³-hybridized carbons (Fsp3) is 0.522. The van der Waals surface area contributed by atoms with Gasteiger partial charge in [0.05, 0.1) is 36.9 Å². The predicted molar refractivity (Wildman–Crippen MR) is 113 cm³/mol. The zero-order chi connectivity index (χ0) is 20.4. The first kappa shape index (κ1) is 20.0. The van der Waals surface area contributed by atoms with Crippen LogP contribution < -0.4 is 0 Å². The van der Waals surface area contributed by atoms with Gasteiger partial charge in [-0.1, -0.05) is 30.3 Å². The summed E-state index contributed by atoms with van der Waals surface area (Å²) < 4.78 is 14.7. The molecule has 0 N–H and O–H groups in total. The van der Waals surface area contributed by atoms with Gasteiger partial charge in [-0.2, -0.15) is 0 Å². The van der Waals surface area contributed by atoms with Crippen LogP contribution >= 0.6 is 0 Å². The highest BCUT2D eigenvalue weighted by Gasteiger charge is 2.38. The lowest BCUT2D eigenvalue weighted by atomic mass is 10.1. The SMILES string of the molecule is Cc1ncnc2c1ncn2[C@@H]1C[C@H](COCc2ccccc2)[C@@H](OC(C)(C)C)C1. The molecule has 3 atom stereocenters. The summed E-state index contributed by atoms with van der Waals surface area (Å²) in [5.41, 5.74) is 3.71. The number of ether oxygens (including phenoxy) is 2. The Morgan fingerprint density at radius 1 is 1.07 bits per heavy atom. The lowest BCUT2D eigenvalue weighted by molar-refractivity contribution is -0.0890. The van der Waals surface area contributed by atoms with E-state index in [9.17, 15) is 0 Å². The first-order valence-corrected chi connectivity index (χ1v) is 10.3. The van der Waals surface area contributed by atoms with Gasteiger partial charge in [0.1, 0.15) is 11.8 Å². The summed E-state index contributed by atoms with van der Waals surface area (Å²) in [5.74, 6) is 0.336. The molecule has 0 spiro atoms. The third kappa shape index (κ3) is 4.65. The molecule has 0 unspecified atom stereocenters. The predicted octanol–water partition coefficient (Wildman–Crippen LogP) is 4.49. The molecule has 2 aromatic heterocycles. The quantitative estimate of drug-likeness (QED) is 0.617. The van der Waals surface area contributed by atoms with Gasteiger partial charge in [0.15, 0.2) is 5.65 Å². The normalized spacial score (nSPS) is 22.4. The van der Waals surface area contributed by atoms with Gasteiger partial charge in [-0.25, -0.2) is 15.0 Å². The summed E-state index contributed by atoms with van der Waals surface area (Å²) in [5, 5.41) is 0. The zero-order valence-corrected chi connectivity index (χ0v) is 17.7. The minimum Gasteiger partial charge on any atom is -0.376 e. The lowest BCUT2D eigenvalue weighted by Gasteiger charge is -2.28. The Kier molecular flexibility index (Phi) is 5.65. The highest BCUT2D eigenvalue weighted by atomic mass is 16.5. The number of nitrogens with zero attached hydrogens (tertiary/aromatic N) is 4. The first-order chi connectivity index (χ1) is 13.9. The number of hydrogen-bond donors (Lipinski definition) is 0. The molecule has 0 amide bonds. The van der Waals surface area contributed by atoms with E-state index in [2.05, 4.69) is 52.4 Å². The van der Waals surface area contributed by atoms with Crippen LogP contribution in [0.5, 0.6) is 0 Å². The second-order valence-corrected chi connectivity index (χ2v) is 8.94. The molecule has 0 bridgehead atoms. The molecule has 1 aliphatic rings. The number of aromatic nitrogens is 4. The van der Waals surface area contributed by atoms with Crippen LogP contribution in [0.15, 0.2) is 43.0 Å². The number of hydrogen-bond acceptors (Lipinski definition) is 5. The molecule has 1 saturated carbocycles. The first-order valence-electron chi connectivity index (χ1n) is 10.3. The monoisotopic (exact) mass is 394 g/mol. The van der Waals surface area contributed by atoms with E-state index in [1.165, 1.54) is 5.56 Å². The van der Waals surface area contributed by atoms with Gasteiger partial charge in [0.2, 0.25) is 0 Å². The molecule has 0 radical (unpaired) electrons. The number of fused-ring (bicyclic) bond motifs is 1. The standard InChI is InChI=1S/C23H30N4O2/c1-16-21-22(25-14-24-16)27(15-26-21)19-10-18(20(11-19)29-23(2,3)4)13-28-12-17-8-6-5-7-9-17/h5-9,14-15,18-20H,10-13H2,1-4H3/t18-,19-,20+/m1/s1. The van der Waals surface area contributed by atoms with Gasteiger partial charge in [-0.15, -0.1) is 0 Å². The van der Waals surface area contributed by atoms with Crippen LogP contribution in [-0.4, -0.2) is 37.8 Å². The van der Waals surface area contributed by atoms with E-state index in [0.29, 0.717) is 25.2 Å². The van der Waals surface area contributed by atoms with Crippen molar-refractivity contribution in [1.82, 2.24) is 19.5 Å². The second-order valence-electron chi connectivity index (χ2n) is 8.94. The van der Waals surface area contributed by atoms with Gasteiger partial charge in [0, 0.05) is 12.0 Å². The molecule has 1 aliphatic carbocycles. The van der Waals surface area contributed by atoms with E-state index >= 15 is 0 Å². The molecular formula is C23H30N4O2. The van der Waals surface area contributed by atoms with Crippen LogP contribution in [0, 0.1) is 12.8 Å². The molecule has 154 valence electrons. The van der Waals surface area contributed by atoms with Crippen molar-refractivity contribution in [2.75, 3.05) is 6.61 Å². The molecule has 4 rings (SSSR count). The number of imidazole rings is 1. The van der Waals surface area contributed by atoms with Crippen molar-refractivity contribution < 1.29 is 9.47 Å². The molecule has 1 fully saturated rings. The average molecular weight is 395 g/mol. The van der Waals surface area contributed by atoms with E-state index in [-0.39, 0.29) is 11.7 Å². The Hall–Kier alpha value is -2.31. The lowest BCUT2D eigenvalue weighted by Crippen LogP contribution is -2.31. The Labute approximate surface area is 172 Å². The van der Waals surface area contributed by atoms with E-state index in [4.69, 9.17) is 9.47 Å². The van der Waals surface area contributed by atoms with Gasteiger partial charge >= 0.3 is 0 Å². The molecule has 2 heterocycles. The number of aryl methyl sites for hydroxylation is 1. The Morgan fingerprint density at radius 3 is 2.62 bits per heavy atom. The maximum absolute atomic E-state index is 6.43. The van der Waals surface area contributed by atoms with Gasteiger partial charge in [-0.3, -0.25) is 0 Å². The van der Waals surface area contributed by atoms with Crippen molar-refractivity contribution in [3.05, 3.63) is 54.2 Å². The van der Waals surface area contributed by atoms with Crippen molar-refractivity contribution >= 4 is 11.2 Å². The molecule has 6 heteroatoms. The maximum Gasteiger partial charge on any atom is 0.163 e. The van der Waals surface area contributed by atoms with E-state index in [0.717, 1.165) is 29.7 Å². The van der Waals surface area contributed by atoms with E-state index in [1.807, 2.05) is 31.5 Å². The van der Waals surface area contributed by atoms with Crippen molar-refractivity contribution in [1.29, 1.82) is 0 Å². The zero-order valence-electron chi connectivity index (χ0n) is 17.7. The topological polar surface area (TPSA) is 62.1 Å². The third-order valence-corrected chi connectivity index (χ3v) is 5.49. The summed E-state index contributed by atoms with van der Waals surface area (Å²) in [6, 6.07) is 10.6. The largest absolute Gasteiger partial charge is 0.376 e. The van der Waals surface area contributed by atoms with Crippen LogP contribution in [0.25, 0.3) is 11.2 Å². The number of benzene rings is 1. The van der Waals surface area contributed by atoms with Crippen LogP contribution in [0.2, 0.25) is 0 Å².